The van der Waals surface area contributed by atoms with Gasteiger partial charge in [-0.05, 0) is 64.2 Å². The quantitative estimate of drug-likeness (QED) is 0.0281. The number of quaternary nitrogens is 1. The first-order valence-electron chi connectivity index (χ1n) is 26.5. The van der Waals surface area contributed by atoms with Gasteiger partial charge in [-0.1, -0.05) is 198 Å². The van der Waals surface area contributed by atoms with Crippen LogP contribution in [0, 0.1) is 0 Å². The van der Waals surface area contributed by atoms with Gasteiger partial charge in [-0.25, -0.2) is 4.79 Å². The molecule has 8 nitrogen and oxygen atoms in total. The van der Waals surface area contributed by atoms with Gasteiger partial charge in [0.1, 0.15) is 6.61 Å². The number of aliphatic carboxylic acids is 1. The maximum atomic E-state index is 12.8. The molecule has 0 amide bonds. The molecule has 0 spiro atoms. The molecule has 0 saturated heterocycles. The predicted molar refractivity (Wildman–Crippen MR) is 266 cm³/mol. The second-order valence-electron chi connectivity index (χ2n) is 19.1. The molecule has 63 heavy (non-hydrogen) atoms. The number of hydrogen-bond donors (Lipinski definition) is 1. The minimum absolute atomic E-state index is 0.0517. The van der Waals surface area contributed by atoms with Crippen LogP contribution in [0.1, 0.15) is 245 Å². The van der Waals surface area contributed by atoms with Crippen LogP contribution in [0.4, 0.5) is 0 Å². The molecule has 0 aromatic carbocycles. The van der Waals surface area contributed by atoms with Gasteiger partial charge in [-0.15, -0.1) is 0 Å². The van der Waals surface area contributed by atoms with Crippen LogP contribution in [0.25, 0.3) is 0 Å². The Hall–Kier alpha value is -2.45. The third kappa shape index (κ3) is 44.5. The van der Waals surface area contributed by atoms with Gasteiger partial charge in [0.2, 0.25) is 0 Å². The van der Waals surface area contributed by atoms with E-state index in [1.807, 2.05) is 21.1 Å². The highest BCUT2D eigenvalue weighted by Crippen LogP contribution is 2.16. The predicted octanol–water partition coefficient (Wildman–Crippen LogP) is 15.4. The summed E-state index contributed by atoms with van der Waals surface area (Å²) in [4.78, 5) is 37.2. The fourth-order valence-electron chi connectivity index (χ4n) is 7.95. The lowest BCUT2D eigenvalue weighted by molar-refractivity contribution is -0.887. The molecular weight excluding hydrogens is 787 g/mol. The lowest BCUT2D eigenvalue weighted by Gasteiger charge is -2.31. The molecule has 8 heteroatoms. The topological polar surface area (TPSA) is 99.1 Å². The molecule has 0 heterocycles. The van der Waals surface area contributed by atoms with Gasteiger partial charge in [0, 0.05) is 19.3 Å². The Morgan fingerprint density at radius 1 is 0.492 bits per heavy atom. The summed E-state index contributed by atoms with van der Waals surface area (Å²) >= 11 is 0. The van der Waals surface area contributed by atoms with Crippen LogP contribution < -0.4 is 0 Å². The van der Waals surface area contributed by atoms with Crippen molar-refractivity contribution < 1.29 is 38.2 Å². The fraction of sp³-hybridized carbons (Fsp3) is 0.836. The normalized spacial score (nSPS) is 13.1. The van der Waals surface area contributed by atoms with E-state index in [0.717, 1.165) is 64.2 Å². The average Bonchev–Trinajstić information content (AvgIpc) is 3.24. The van der Waals surface area contributed by atoms with Crippen molar-refractivity contribution in [1.29, 1.82) is 0 Å². The molecule has 368 valence electrons. The second kappa shape index (κ2) is 46.1. The molecule has 0 radical (unpaired) electrons. The Kier molecular flexibility index (Phi) is 44.3. The van der Waals surface area contributed by atoms with E-state index in [4.69, 9.17) is 14.2 Å². The van der Waals surface area contributed by atoms with Gasteiger partial charge in [-0.2, -0.15) is 0 Å². The second-order valence-corrected chi connectivity index (χ2v) is 19.1. The number of carboxylic acids is 1. The van der Waals surface area contributed by atoms with Crippen LogP contribution in [0.15, 0.2) is 36.5 Å². The SMILES string of the molecule is CC/C=C/C/C=C/CCCCCCCCCCCCCCCCC(=O)OCC(COCCC(C(=O)O)[N+](C)(C)C)OC(=O)CCCCCCC/C=C/CCCCCCCCCCC. The highest BCUT2D eigenvalue weighted by molar-refractivity contribution is 5.72. The molecule has 0 aromatic rings. The van der Waals surface area contributed by atoms with E-state index in [-0.39, 0.29) is 36.2 Å². The maximum Gasteiger partial charge on any atom is 0.362 e. The van der Waals surface area contributed by atoms with E-state index in [2.05, 4.69) is 50.3 Å². The van der Waals surface area contributed by atoms with Crippen LogP contribution in [0.5, 0.6) is 0 Å². The molecule has 0 aliphatic heterocycles. The number of allylic oxidation sites excluding steroid dienone is 6. The highest BCUT2D eigenvalue weighted by atomic mass is 16.6. The number of rotatable bonds is 48. The van der Waals surface area contributed by atoms with Crippen LogP contribution >= 0.6 is 0 Å². The van der Waals surface area contributed by atoms with Crippen molar-refractivity contribution in [3.05, 3.63) is 36.5 Å². The third-order valence-electron chi connectivity index (χ3n) is 12.0. The summed E-state index contributed by atoms with van der Waals surface area (Å²) in [5.74, 6) is -1.46. The van der Waals surface area contributed by atoms with Gasteiger partial charge in [0.25, 0.3) is 0 Å². The lowest BCUT2D eigenvalue weighted by atomic mass is 10.0. The Morgan fingerprint density at radius 3 is 1.32 bits per heavy atom. The zero-order chi connectivity index (χ0) is 46.3. The molecule has 0 rings (SSSR count). The summed E-state index contributed by atoms with van der Waals surface area (Å²) in [6.07, 6.45) is 54.8. The Bertz CT molecular complexity index is 1130. The van der Waals surface area contributed by atoms with Crippen molar-refractivity contribution in [3.63, 3.8) is 0 Å². The standard InChI is InChI=1S/C55H101NO7/c1-6-8-10-12-14-16-18-20-22-24-26-27-28-30-31-33-35-37-39-41-43-45-53(57)62-50-51(49-61-48-47-52(55(59)60)56(3,4)5)63-54(58)46-44-42-40-38-36-34-32-29-25-23-21-19-17-15-13-11-9-7-2/h8,10,14,16,29,32,51-52H,6-7,9,11-13,15,17-28,30-31,33-50H2,1-5H3/p+1/b10-8+,16-14+,32-29+. The van der Waals surface area contributed by atoms with E-state index in [9.17, 15) is 19.5 Å². The first kappa shape index (κ1) is 60.5. The number of carbonyl (C=O) groups is 3. The number of nitrogens with zero attached hydrogens (tertiary/aromatic N) is 1. The smallest absolute Gasteiger partial charge is 0.362 e. The van der Waals surface area contributed by atoms with E-state index >= 15 is 0 Å². The van der Waals surface area contributed by atoms with E-state index in [0.29, 0.717) is 19.3 Å². The van der Waals surface area contributed by atoms with Crippen molar-refractivity contribution in [1.82, 2.24) is 0 Å². The van der Waals surface area contributed by atoms with Crippen molar-refractivity contribution in [3.8, 4) is 0 Å². The number of esters is 2. The molecule has 0 bridgehead atoms. The van der Waals surface area contributed by atoms with Crippen LogP contribution in [0.3, 0.4) is 0 Å². The Morgan fingerprint density at radius 2 is 0.889 bits per heavy atom. The van der Waals surface area contributed by atoms with Gasteiger partial charge < -0.3 is 23.8 Å². The Balaban J connectivity index is 4.20. The third-order valence-corrected chi connectivity index (χ3v) is 12.0. The molecule has 0 aliphatic carbocycles. The Labute approximate surface area is 389 Å². The molecule has 0 fully saturated rings. The summed E-state index contributed by atoms with van der Waals surface area (Å²) in [6, 6.07) is -0.615. The zero-order valence-corrected chi connectivity index (χ0v) is 42.0. The first-order valence-corrected chi connectivity index (χ1v) is 26.5. The molecule has 0 saturated carbocycles. The molecule has 2 atom stereocenters. The van der Waals surface area contributed by atoms with Gasteiger partial charge in [-0.3, -0.25) is 9.59 Å². The van der Waals surface area contributed by atoms with Crippen molar-refractivity contribution in [2.45, 2.75) is 257 Å². The van der Waals surface area contributed by atoms with Crippen molar-refractivity contribution in [2.24, 2.45) is 0 Å². The monoisotopic (exact) mass is 889 g/mol. The largest absolute Gasteiger partial charge is 0.477 e. The number of ether oxygens (including phenoxy) is 3. The van der Waals surface area contributed by atoms with Crippen molar-refractivity contribution in [2.75, 3.05) is 41.0 Å². The number of carbonyl (C=O) groups excluding carboxylic acids is 2. The highest BCUT2D eigenvalue weighted by Gasteiger charge is 2.31. The van der Waals surface area contributed by atoms with Gasteiger partial charge in [0.15, 0.2) is 12.1 Å². The molecule has 0 aromatic heterocycles. The molecular formula is C55H102NO7+. The van der Waals surface area contributed by atoms with Gasteiger partial charge >= 0.3 is 17.9 Å². The summed E-state index contributed by atoms with van der Waals surface area (Å²) in [5.41, 5.74) is 0. The zero-order valence-electron chi connectivity index (χ0n) is 42.0. The van der Waals surface area contributed by atoms with Crippen molar-refractivity contribution >= 4 is 17.9 Å². The molecule has 2 unspecified atom stereocenters. The number of likely N-dealkylation sites (N-methyl/N-ethyl adjacent to an activating group) is 1. The van der Waals surface area contributed by atoms with Gasteiger partial charge in [0.05, 0.1) is 34.4 Å². The minimum atomic E-state index is -0.874. The summed E-state index contributed by atoms with van der Waals surface area (Å²) < 4.78 is 17.4. The average molecular weight is 889 g/mol. The molecule has 0 aliphatic rings. The van der Waals surface area contributed by atoms with Crippen LogP contribution in [-0.4, -0.2) is 80.6 Å². The first-order chi connectivity index (χ1) is 30.6. The molecule has 1 N–H and O–H groups in total. The minimum Gasteiger partial charge on any atom is -0.477 e. The summed E-state index contributed by atoms with van der Waals surface area (Å²) in [6.45, 7) is 4.66. The maximum absolute atomic E-state index is 12.8. The fourth-order valence-corrected chi connectivity index (χ4v) is 7.95. The number of unbranched alkanes of at least 4 members (excludes halogenated alkanes) is 28. The van der Waals surface area contributed by atoms with E-state index in [1.165, 1.54) is 148 Å². The van der Waals surface area contributed by atoms with Crippen LogP contribution in [-0.2, 0) is 28.6 Å². The number of hydrogen-bond acceptors (Lipinski definition) is 6. The van der Waals surface area contributed by atoms with Crippen LogP contribution in [0.2, 0.25) is 0 Å². The van der Waals surface area contributed by atoms with E-state index < -0.39 is 18.1 Å². The lowest BCUT2D eigenvalue weighted by Crippen LogP contribution is -2.50. The summed E-state index contributed by atoms with van der Waals surface area (Å²) in [7, 11) is 5.54. The summed E-state index contributed by atoms with van der Waals surface area (Å²) in [5, 5.41) is 9.66. The van der Waals surface area contributed by atoms with E-state index in [1.54, 1.807) is 0 Å². The number of carboxylic acid groups (broad SMARTS) is 1.